The fraction of sp³-hybridized carbons (Fsp3) is 0.500. The second kappa shape index (κ2) is 3.01. The maximum atomic E-state index is 10.3. The highest BCUT2D eigenvalue weighted by Gasteiger charge is 1.92. The lowest BCUT2D eigenvalue weighted by Crippen LogP contribution is -2.35. The minimum absolute atomic E-state index is 0.143. The number of amidine groups is 1. The molecule has 0 radical (unpaired) electrons. The molecule has 0 fully saturated rings. The van der Waals surface area contributed by atoms with E-state index in [1.807, 2.05) is 0 Å². The van der Waals surface area contributed by atoms with Gasteiger partial charge in [-0.2, -0.15) is 0 Å². The van der Waals surface area contributed by atoms with Crippen molar-refractivity contribution in [1.29, 1.82) is 5.41 Å². The van der Waals surface area contributed by atoms with E-state index in [-0.39, 0.29) is 11.9 Å². The summed E-state index contributed by atoms with van der Waals surface area (Å²) in [4.78, 5) is 10.3. The van der Waals surface area contributed by atoms with Gasteiger partial charge in [0.1, 0.15) is 0 Å². The normalized spacial score (nSPS) is 7.75. The molecule has 0 bridgehead atoms. The van der Waals surface area contributed by atoms with Crippen LogP contribution in [0.3, 0.4) is 0 Å². The predicted molar refractivity (Wildman–Crippen MR) is 31.0 cm³/mol. The molecule has 0 saturated heterocycles. The number of amides is 2. The molecule has 46 valence electrons. The van der Waals surface area contributed by atoms with E-state index in [4.69, 9.17) is 5.41 Å². The van der Waals surface area contributed by atoms with Crippen LogP contribution in [0.25, 0.3) is 0 Å². The van der Waals surface area contributed by atoms with Crippen molar-refractivity contribution >= 4 is 11.9 Å². The summed E-state index contributed by atoms with van der Waals surface area (Å²) in [6.07, 6.45) is 0. The van der Waals surface area contributed by atoms with Crippen LogP contribution in [-0.4, -0.2) is 18.9 Å². The molecule has 8 heavy (non-hydrogen) atoms. The van der Waals surface area contributed by atoms with E-state index in [0.29, 0.717) is 0 Å². The molecule has 0 aromatic rings. The molecule has 0 aromatic heterocycles. The first kappa shape index (κ1) is 6.94. The fourth-order valence-electron chi connectivity index (χ4n) is 0.233. The van der Waals surface area contributed by atoms with Crippen LogP contribution >= 0.6 is 0 Å². The lowest BCUT2D eigenvalue weighted by molar-refractivity contribution is 0.247. The van der Waals surface area contributed by atoms with Gasteiger partial charge in [0.25, 0.3) is 0 Å². The lowest BCUT2D eigenvalue weighted by Gasteiger charge is -1.97. The molecule has 0 aliphatic carbocycles. The van der Waals surface area contributed by atoms with Gasteiger partial charge in [-0.05, 0) is 6.92 Å². The molecule has 2 amide bonds. The molecule has 0 aromatic carbocycles. The lowest BCUT2D eigenvalue weighted by atomic mass is 10.7. The quantitative estimate of drug-likeness (QED) is 0.300. The molecule has 0 heterocycles. The van der Waals surface area contributed by atoms with Crippen LogP contribution in [0, 0.1) is 5.41 Å². The molecule has 0 atom stereocenters. The Kier molecular flexibility index (Phi) is 2.61. The van der Waals surface area contributed by atoms with E-state index in [1.165, 1.54) is 14.0 Å². The minimum atomic E-state index is -0.350. The van der Waals surface area contributed by atoms with Gasteiger partial charge in [-0.1, -0.05) is 0 Å². The number of rotatable bonds is 0. The summed E-state index contributed by atoms with van der Waals surface area (Å²) in [5.74, 6) is 0.143. The maximum Gasteiger partial charge on any atom is 0.319 e. The van der Waals surface area contributed by atoms with Crippen molar-refractivity contribution in [2.24, 2.45) is 0 Å². The van der Waals surface area contributed by atoms with Crippen molar-refractivity contribution in [2.45, 2.75) is 6.92 Å². The van der Waals surface area contributed by atoms with Gasteiger partial charge in [-0.25, -0.2) is 4.79 Å². The van der Waals surface area contributed by atoms with Gasteiger partial charge in [0.2, 0.25) is 0 Å². The van der Waals surface area contributed by atoms with Crippen molar-refractivity contribution in [3.05, 3.63) is 0 Å². The highest BCUT2D eigenvalue weighted by molar-refractivity contribution is 5.94. The minimum Gasteiger partial charge on any atom is -0.341 e. The van der Waals surface area contributed by atoms with E-state index < -0.39 is 0 Å². The van der Waals surface area contributed by atoms with Crippen LogP contribution in [0.5, 0.6) is 0 Å². The molecular weight excluding hydrogens is 106 g/mol. The van der Waals surface area contributed by atoms with Crippen LogP contribution in [0.15, 0.2) is 0 Å². The van der Waals surface area contributed by atoms with Gasteiger partial charge in [0, 0.05) is 7.05 Å². The van der Waals surface area contributed by atoms with E-state index in [1.54, 1.807) is 0 Å². The Hall–Kier alpha value is -1.06. The van der Waals surface area contributed by atoms with Crippen molar-refractivity contribution in [3.8, 4) is 0 Å². The SMILES string of the molecule is CNC(=O)NC(C)=N. The second-order valence-electron chi connectivity index (χ2n) is 1.33. The molecule has 0 aliphatic rings. The molecule has 0 rings (SSSR count). The van der Waals surface area contributed by atoms with Gasteiger partial charge in [0.05, 0.1) is 5.84 Å². The van der Waals surface area contributed by atoms with Gasteiger partial charge >= 0.3 is 6.03 Å². The van der Waals surface area contributed by atoms with Crippen molar-refractivity contribution in [1.82, 2.24) is 10.6 Å². The summed E-state index contributed by atoms with van der Waals surface area (Å²) >= 11 is 0. The van der Waals surface area contributed by atoms with E-state index in [0.717, 1.165) is 0 Å². The van der Waals surface area contributed by atoms with E-state index in [9.17, 15) is 4.79 Å². The zero-order valence-electron chi connectivity index (χ0n) is 4.91. The number of nitrogens with one attached hydrogen (secondary N) is 3. The highest BCUT2D eigenvalue weighted by atomic mass is 16.2. The number of hydrogen-bond acceptors (Lipinski definition) is 2. The summed E-state index contributed by atoms with van der Waals surface area (Å²) < 4.78 is 0. The third kappa shape index (κ3) is 3.14. The standard InChI is InChI=1S/C4H9N3O/c1-3(5)7-4(8)6-2/h1-2H3,(H3,5,6,7,8). The summed E-state index contributed by atoms with van der Waals surface area (Å²) in [6.45, 7) is 1.50. The molecule has 3 N–H and O–H groups in total. The van der Waals surface area contributed by atoms with Crippen molar-refractivity contribution in [2.75, 3.05) is 7.05 Å². The number of urea groups is 1. The van der Waals surface area contributed by atoms with E-state index >= 15 is 0 Å². The van der Waals surface area contributed by atoms with Crippen LogP contribution in [0.2, 0.25) is 0 Å². The Balaban J connectivity index is 3.40. The van der Waals surface area contributed by atoms with Gasteiger partial charge in [0.15, 0.2) is 0 Å². The summed E-state index contributed by atoms with van der Waals surface area (Å²) in [6, 6.07) is -0.350. The Morgan fingerprint density at radius 2 is 2.12 bits per heavy atom. The fourth-order valence-corrected chi connectivity index (χ4v) is 0.233. The highest BCUT2D eigenvalue weighted by Crippen LogP contribution is 1.61. The molecule has 4 heteroatoms. The first-order valence-corrected chi connectivity index (χ1v) is 2.20. The maximum absolute atomic E-state index is 10.3. The zero-order chi connectivity index (χ0) is 6.57. The average Bonchev–Trinajstić information content (AvgIpc) is 1.65. The number of carbonyl (C=O) groups is 1. The third-order valence-corrected chi connectivity index (χ3v) is 0.528. The molecule has 4 nitrogen and oxygen atoms in total. The number of carbonyl (C=O) groups excluding carboxylic acids is 1. The Morgan fingerprint density at radius 3 is 2.25 bits per heavy atom. The van der Waals surface area contributed by atoms with Gasteiger partial charge in [-0.3, -0.25) is 10.7 Å². The van der Waals surface area contributed by atoms with Crippen molar-refractivity contribution < 1.29 is 4.79 Å². The van der Waals surface area contributed by atoms with Crippen LogP contribution in [-0.2, 0) is 0 Å². The Labute approximate surface area is 47.8 Å². The van der Waals surface area contributed by atoms with Crippen molar-refractivity contribution in [3.63, 3.8) is 0 Å². The average molecular weight is 115 g/mol. The Morgan fingerprint density at radius 1 is 1.62 bits per heavy atom. The van der Waals surface area contributed by atoms with Gasteiger partial charge in [-0.15, -0.1) is 0 Å². The van der Waals surface area contributed by atoms with Crippen LogP contribution in [0.1, 0.15) is 6.92 Å². The van der Waals surface area contributed by atoms with E-state index in [2.05, 4.69) is 10.6 Å². The summed E-state index contributed by atoms with van der Waals surface area (Å²) in [5, 5.41) is 11.3. The molecule has 0 aliphatic heterocycles. The summed E-state index contributed by atoms with van der Waals surface area (Å²) in [5.41, 5.74) is 0. The zero-order valence-corrected chi connectivity index (χ0v) is 4.91. The topological polar surface area (TPSA) is 65.0 Å². The van der Waals surface area contributed by atoms with Gasteiger partial charge < -0.3 is 5.32 Å². The molecular formula is C4H9N3O. The largest absolute Gasteiger partial charge is 0.341 e. The first-order valence-electron chi connectivity index (χ1n) is 2.20. The third-order valence-electron chi connectivity index (χ3n) is 0.528. The second-order valence-corrected chi connectivity index (χ2v) is 1.33. The summed E-state index contributed by atoms with van der Waals surface area (Å²) in [7, 11) is 1.50. The molecule has 0 saturated carbocycles. The molecule has 0 unspecified atom stereocenters. The first-order chi connectivity index (χ1) is 3.66. The number of hydrogen-bond donors (Lipinski definition) is 3. The molecule has 0 spiro atoms. The monoisotopic (exact) mass is 115 g/mol. The smallest absolute Gasteiger partial charge is 0.319 e. The van der Waals surface area contributed by atoms with Crippen LogP contribution < -0.4 is 10.6 Å². The van der Waals surface area contributed by atoms with Crippen LogP contribution in [0.4, 0.5) is 4.79 Å². The Bertz CT molecular complexity index is 110. The predicted octanol–water partition coefficient (Wildman–Crippen LogP) is -0.0874.